The minimum atomic E-state index is -0.782. The number of likely N-dealkylation sites (tertiary alicyclic amines) is 1. The average molecular weight is 424 g/mol. The van der Waals surface area contributed by atoms with Crippen LogP contribution in [0.1, 0.15) is 30.9 Å². The van der Waals surface area contributed by atoms with Gasteiger partial charge in [-0.3, -0.25) is 9.59 Å². The molecule has 6 heteroatoms. The molecule has 0 bridgehead atoms. The first-order chi connectivity index (χ1) is 15.1. The predicted molar refractivity (Wildman–Crippen MR) is 116 cm³/mol. The number of ether oxygens (including phenoxy) is 3. The van der Waals surface area contributed by atoms with Crippen molar-refractivity contribution in [1.82, 2.24) is 4.90 Å². The molecule has 2 aromatic carbocycles. The minimum Gasteiger partial charge on any atom is -0.486 e. The fourth-order valence-corrected chi connectivity index (χ4v) is 4.22. The van der Waals surface area contributed by atoms with Gasteiger partial charge in [0.25, 0.3) is 5.91 Å². The highest BCUT2D eigenvalue weighted by atomic mass is 16.6. The third kappa shape index (κ3) is 5.57. The summed E-state index contributed by atoms with van der Waals surface area (Å²) in [6.07, 6.45) is 2.29. The highest BCUT2D eigenvalue weighted by Gasteiger charge is 2.28. The Morgan fingerprint density at radius 1 is 1.00 bits per heavy atom. The van der Waals surface area contributed by atoms with Crippen LogP contribution in [0.15, 0.2) is 48.5 Å². The number of esters is 1. The van der Waals surface area contributed by atoms with E-state index in [1.165, 1.54) is 5.56 Å². The summed E-state index contributed by atoms with van der Waals surface area (Å²) in [5.74, 6) is 1.37. The second-order valence-electron chi connectivity index (χ2n) is 8.25. The van der Waals surface area contributed by atoms with Gasteiger partial charge >= 0.3 is 5.97 Å². The molecule has 0 N–H and O–H groups in total. The van der Waals surface area contributed by atoms with E-state index in [-0.39, 0.29) is 12.3 Å². The van der Waals surface area contributed by atoms with E-state index in [1.807, 2.05) is 17.0 Å². The van der Waals surface area contributed by atoms with E-state index < -0.39 is 12.1 Å². The van der Waals surface area contributed by atoms with Crippen LogP contribution in [0.2, 0.25) is 0 Å². The quantitative estimate of drug-likeness (QED) is 0.666. The van der Waals surface area contributed by atoms with E-state index in [1.54, 1.807) is 19.1 Å². The monoisotopic (exact) mass is 423 g/mol. The highest BCUT2D eigenvalue weighted by molar-refractivity contribution is 5.84. The standard InChI is InChI=1S/C25H29NO5/c1-18(31-24(27)17-21-7-8-22-23(16-21)30-14-13-29-22)25(28)26-11-9-20(10-12-26)15-19-5-3-2-4-6-19/h2-8,16,18,20H,9-15,17H2,1H3. The van der Waals surface area contributed by atoms with E-state index in [4.69, 9.17) is 14.2 Å². The van der Waals surface area contributed by atoms with Crippen LogP contribution in [-0.2, 0) is 27.2 Å². The number of hydrogen-bond acceptors (Lipinski definition) is 5. The van der Waals surface area contributed by atoms with Crippen molar-refractivity contribution >= 4 is 11.9 Å². The van der Waals surface area contributed by atoms with Crippen LogP contribution in [-0.4, -0.2) is 49.2 Å². The molecule has 0 saturated carbocycles. The van der Waals surface area contributed by atoms with Gasteiger partial charge in [-0.1, -0.05) is 36.4 Å². The molecule has 0 aliphatic carbocycles. The van der Waals surface area contributed by atoms with Crippen molar-refractivity contribution in [2.75, 3.05) is 26.3 Å². The fourth-order valence-electron chi connectivity index (χ4n) is 4.22. The summed E-state index contributed by atoms with van der Waals surface area (Å²) in [7, 11) is 0. The molecule has 1 unspecified atom stereocenters. The third-order valence-electron chi connectivity index (χ3n) is 5.90. The van der Waals surface area contributed by atoms with Crippen LogP contribution in [0, 0.1) is 5.92 Å². The van der Waals surface area contributed by atoms with Crippen molar-refractivity contribution in [3.05, 3.63) is 59.7 Å². The molecule has 164 valence electrons. The Labute approximate surface area is 183 Å². The first-order valence-corrected chi connectivity index (χ1v) is 11.0. The Morgan fingerprint density at radius 3 is 2.45 bits per heavy atom. The molecule has 1 fully saturated rings. The number of carbonyl (C=O) groups excluding carboxylic acids is 2. The summed E-state index contributed by atoms with van der Waals surface area (Å²) in [5, 5.41) is 0. The lowest BCUT2D eigenvalue weighted by atomic mass is 9.90. The normalized spacial score (nSPS) is 17.1. The number of benzene rings is 2. The number of rotatable bonds is 6. The lowest BCUT2D eigenvalue weighted by Gasteiger charge is -2.33. The summed E-state index contributed by atoms with van der Waals surface area (Å²) in [6.45, 7) is 4.09. The van der Waals surface area contributed by atoms with Gasteiger partial charge < -0.3 is 19.1 Å². The predicted octanol–water partition coefficient (Wildman–Crippen LogP) is 3.41. The van der Waals surface area contributed by atoms with Crippen LogP contribution >= 0.6 is 0 Å². The van der Waals surface area contributed by atoms with E-state index in [2.05, 4.69) is 24.3 Å². The Morgan fingerprint density at radius 2 is 1.71 bits per heavy atom. The van der Waals surface area contributed by atoms with E-state index in [0.29, 0.717) is 43.7 Å². The number of piperidine rings is 1. The Bertz CT molecular complexity index is 905. The first-order valence-electron chi connectivity index (χ1n) is 11.0. The largest absolute Gasteiger partial charge is 0.486 e. The van der Waals surface area contributed by atoms with Crippen molar-refractivity contribution in [3.63, 3.8) is 0 Å². The minimum absolute atomic E-state index is 0.0907. The van der Waals surface area contributed by atoms with Gasteiger partial charge in [-0.25, -0.2) is 0 Å². The van der Waals surface area contributed by atoms with E-state index in [0.717, 1.165) is 24.8 Å². The lowest BCUT2D eigenvalue weighted by molar-refractivity contribution is -0.159. The van der Waals surface area contributed by atoms with E-state index in [9.17, 15) is 9.59 Å². The average Bonchev–Trinajstić information content (AvgIpc) is 2.79. The summed E-state index contributed by atoms with van der Waals surface area (Å²) >= 11 is 0. The second kappa shape index (κ2) is 9.86. The summed E-state index contributed by atoms with van der Waals surface area (Å²) < 4.78 is 16.5. The van der Waals surface area contributed by atoms with Crippen LogP contribution in [0.4, 0.5) is 0 Å². The molecular formula is C25H29NO5. The molecule has 4 rings (SSSR count). The smallest absolute Gasteiger partial charge is 0.311 e. The molecule has 2 heterocycles. The van der Waals surface area contributed by atoms with Gasteiger partial charge in [0.2, 0.25) is 0 Å². The van der Waals surface area contributed by atoms with Gasteiger partial charge in [-0.2, -0.15) is 0 Å². The number of fused-ring (bicyclic) bond motifs is 1. The molecule has 1 atom stereocenters. The Kier molecular flexibility index (Phi) is 6.75. The zero-order valence-electron chi connectivity index (χ0n) is 17.9. The summed E-state index contributed by atoms with van der Waals surface area (Å²) in [6, 6.07) is 15.9. The fraction of sp³-hybridized carbons (Fsp3) is 0.440. The lowest BCUT2D eigenvalue weighted by Crippen LogP contribution is -2.44. The van der Waals surface area contributed by atoms with Crippen LogP contribution in [0.3, 0.4) is 0 Å². The summed E-state index contributed by atoms with van der Waals surface area (Å²) in [4.78, 5) is 26.9. The van der Waals surface area contributed by atoms with E-state index >= 15 is 0 Å². The molecule has 2 aliphatic heterocycles. The van der Waals surface area contributed by atoms with Crippen molar-refractivity contribution < 1.29 is 23.8 Å². The van der Waals surface area contributed by atoms with Gasteiger partial charge in [0.05, 0.1) is 6.42 Å². The van der Waals surface area contributed by atoms with Crippen molar-refractivity contribution in [2.45, 2.75) is 38.7 Å². The molecule has 6 nitrogen and oxygen atoms in total. The van der Waals surface area contributed by atoms with Crippen molar-refractivity contribution in [2.24, 2.45) is 5.92 Å². The SMILES string of the molecule is CC(OC(=O)Cc1ccc2c(c1)OCCO2)C(=O)N1CCC(Cc2ccccc2)CC1. The molecule has 0 aromatic heterocycles. The third-order valence-corrected chi connectivity index (χ3v) is 5.90. The Balaban J connectivity index is 1.23. The summed E-state index contributed by atoms with van der Waals surface area (Å²) in [5.41, 5.74) is 2.12. The molecule has 2 aromatic rings. The second-order valence-corrected chi connectivity index (χ2v) is 8.25. The van der Waals surface area contributed by atoms with Crippen LogP contribution in [0.5, 0.6) is 11.5 Å². The molecule has 0 radical (unpaired) electrons. The topological polar surface area (TPSA) is 65.1 Å². The molecule has 0 spiro atoms. The van der Waals surface area contributed by atoms with Gasteiger partial charge in [-0.05, 0) is 55.4 Å². The molecule has 1 amide bonds. The molecule has 1 saturated heterocycles. The number of hydrogen-bond donors (Lipinski definition) is 0. The van der Waals surface area contributed by atoms with Gasteiger partial charge in [-0.15, -0.1) is 0 Å². The maximum absolute atomic E-state index is 12.8. The maximum Gasteiger partial charge on any atom is 0.311 e. The maximum atomic E-state index is 12.8. The molecule has 31 heavy (non-hydrogen) atoms. The van der Waals surface area contributed by atoms with Crippen LogP contribution < -0.4 is 9.47 Å². The van der Waals surface area contributed by atoms with Gasteiger partial charge in [0.15, 0.2) is 17.6 Å². The van der Waals surface area contributed by atoms with Crippen LogP contribution in [0.25, 0.3) is 0 Å². The number of amides is 1. The van der Waals surface area contributed by atoms with Crippen molar-refractivity contribution in [3.8, 4) is 11.5 Å². The van der Waals surface area contributed by atoms with Gasteiger partial charge in [0, 0.05) is 13.1 Å². The first kappa shape index (κ1) is 21.2. The van der Waals surface area contributed by atoms with Crippen molar-refractivity contribution in [1.29, 1.82) is 0 Å². The number of nitrogens with zero attached hydrogens (tertiary/aromatic N) is 1. The molecular weight excluding hydrogens is 394 g/mol. The zero-order valence-corrected chi connectivity index (χ0v) is 17.9. The van der Waals surface area contributed by atoms with Gasteiger partial charge in [0.1, 0.15) is 13.2 Å². The number of carbonyl (C=O) groups is 2. The molecule has 2 aliphatic rings. The Hall–Kier alpha value is -3.02. The zero-order chi connectivity index (χ0) is 21.6. The highest BCUT2D eigenvalue weighted by Crippen LogP contribution is 2.31.